The van der Waals surface area contributed by atoms with E-state index in [1.165, 1.54) is 17.4 Å². The van der Waals surface area contributed by atoms with Crippen molar-refractivity contribution in [1.29, 1.82) is 0 Å². The molecule has 0 radical (unpaired) electrons. The minimum Gasteiger partial charge on any atom is -0.445 e. The molecule has 3 aromatic heterocycles. The second-order valence-electron chi connectivity index (χ2n) is 8.76. The van der Waals surface area contributed by atoms with E-state index in [0.29, 0.717) is 17.3 Å². The lowest BCUT2D eigenvalue weighted by Crippen LogP contribution is -2.24. The fraction of sp³-hybridized carbons (Fsp3) is 0.107. The number of nitrogens with zero attached hydrogens (tertiary/aromatic N) is 3. The van der Waals surface area contributed by atoms with Gasteiger partial charge in [0.15, 0.2) is 0 Å². The number of anilines is 1. The van der Waals surface area contributed by atoms with Gasteiger partial charge in [0.2, 0.25) is 5.89 Å². The molecule has 6 rings (SSSR count). The van der Waals surface area contributed by atoms with Gasteiger partial charge < -0.3 is 14.1 Å². The molecular weight excluding hydrogens is 440 g/mol. The second kappa shape index (κ2) is 8.38. The maximum Gasteiger partial charge on any atom is 0.298 e. The number of pyridine rings is 1. The van der Waals surface area contributed by atoms with Crippen molar-refractivity contribution in [2.24, 2.45) is 0 Å². The van der Waals surface area contributed by atoms with Gasteiger partial charge in [-0.05, 0) is 72.3 Å². The average Bonchev–Trinajstić information content (AvgIpc) is 3.61. The minimum atomic E-state index is -0.695. The number of aromatic nitrogens is 2. The van der Waals surface area contributed by atoms with Crippen molar-refractivity contribution in [3.63, 3.8) is 0 Å². The van der Waals surface area contributed by atoms with Gasteiger partial charge in [-0.15, -0.1) is 0 Å². The molecule has 4 heterocycles. The first-order valence-electron chi connectivity index (χ1n) is 11.3. The minimum absolute atomic E-state index is 0.348. The number of rotatable bonds is 5. The summed E-state index contributed by atoms with van der Waals surface area (Å²) in [5.74, 6) is -0.802. The zero-order valence-electron chi connectivity index (χ0n) is 19.1. The molecule has 172 valence electrons. The molecule has 0 aliphatic carbocycles. The molecule has 7 nitrogen and oxygen atoms in total. The summed E-state index contributed by atoms with van der Waals surface area (Å²) in [5, 5.41) is 2.73. The standard InChI is InChI=1S/C28H22N4O3/c1-31-16-20-6-5-19(14-21(20)17-31)24-15-23-4-2-3-12-32(23)25(24)26(33)27(34)30-22-9-7-18(8-10-22)28-29-11-13-35-28/h2-15H,16-17H2,1H3,(H,30,34). The van der Waals surface area contributed by atoms with Crippen LogP contribution < -0.4 is 5.32 Å². The molecule has 0 saturated carbocycles. The van der Waals surface area contributed by atoms with Gasteiger partial charge in [-0.3, -0.25) is 14.5 Å². The van der Waals surface area contributed by atoms with Gasteiger partial charge in [0, 0.05) is 41.6 Å². The zero-order valence-corrected chi connectivity index (χ0v) is 19.1. The first kappa shape index (κ1) is 21.1. The molecule has 35 heavy (non-hydrogen) atoms. The molecule has 7 heteroatoms. The Morgan fingerprint density at radius 1 is 0.943 bits per heavy atom. The quantitative estimate of drug-likeness (QED) is 0.293. The van der Waals surface area contributed by atoms with Crippen molar-refractivity contribution in [3.8, 4) is 22.6 Å². The van der Waals surface area contributed by atoms with E-state index in [9.17, 15) is 9.59 Å². The number of Topliss-reactive ketones (excluding diaryl/α,β-unsaturated/α-hetero) is 1. The molecule has 1 aliphatic heterocycles. The SMILES string of the molecule is CN1Cc2ccc(-c3cc4ccccn4c3C(=O)C(=O)Nc3ccc(-c4ncco4)cc3)cc2C1. The van der Waals surface area contributed by atoms with E-state index in [2.05, 4.69) is 34.4 Å². The average molecular weight is 463 g/mol. The number of fused-ring (bicyclic) bond motifs is 2. The predicted molar refractivity (Wildman–Crippen MR) is 133 cm³/mol. The molecule has 2 aromatic carbocycles. The monoisotopic (exact) mass is 462 g/mol. The number of carbonyl (C=O) groups is 2. The van der Waals surface area contributed by atoms with Crippen LogP contribution in [0.5, 0.6) is 0 Å². The molecule has 5 aromatic rings. The van der Waals surface area contributed by atoms with E-state index in [1.54, 1.807) is 34.9 Å². The molecule has 0 unspecified atom stereocenters. The third-order valence-electron chi connectivity index (χ3n) is 6.32. The maximum absolute atomic E-state index is 13.5. The van der Waals surface area contributed by atoms with Gasteiger partial charge >= 0.3 is 0 Å². The fourth-order valence-electron chi connectivity index (χ4n) is 4.67. The highest BCUT2D eigenvalue weighted by Crippen LogP contribution is 2.32. The van der Waals surface area contributed by atoms with Crippen LogP contribution in [0.2, 0.25) is 0 Å². The van der Waals surface area contributed by atoms with Gasteiger partial charge in [0.1, 0.15) is 12.0 Å². The predicted octanol–water partition coefficient (Wildman–Crippen LogP) is 5.03. The lowest BCUT2D eigenvalue weighted by molar-refractivity contribution is -0.112. The molecule has 0 bridgehead atoms. The van der Waals surface area contributed by atoms with Crippen molar-refractivity contribution < 1.29 is 14.0 Å². The van der Waals surface area contributed by atoms with Crippen LogP contribution in [0.1, 0.15) is 21.6 Å². The van der Waals surface area contributed by atoms with Crippen LogP contribution in [0, 0.1) is 0 Å². The van der Waals surface area contributed by atoms with Gasteiger partial charge in [-0.1, -0.05) is 18.2 Å². The molecule has 1 amide bonds. The van der Waals surface area contributed by atoms with Crippen LogP contribution in [0.15, 0.2) is 89.8 Å². The van der Waals surface area contributed by atoms with Gasteiger partial charge in [-0.2, -0.15) is 0 Å². The first-order chi connectivity index (χ1) is 17.1. The van der Waals surface area contributed by atoms with Crippen LogP contribution in [0.4, 0.5) is 5.69 Å². The summed E-state index contributed by atoms with van der Waals surface area (Å²) in [6, 6.07) is 20.9. The fourth-order valence-corrected chi connectivity index (χ4v) is 4.67. The van der Waals surface area contributed by atoms with Crippen LogP contribution in [0.25, 0.3) is 28.1 Å². The summed E-state index contributed by atoms with van der Waals surface area (Å²) in [7, 11) is 2.09. The molecule has 1 aliphatic rings. The number of nitrogens with one attached hydrogen (secondary N) is 1. The number of carbonyl (C=O) groups excluding carboxylic acids is 2. The van der Waals surface area contributed by atoms with Crippen LogP contribution in [-0.2, 0) is 17.9 Å². The van der Waals surface area contributed by atoms with Crippen molar-refractivity contribution in [3.05, 3.63) is 102 Å². The van der Waals surface area contributed by atoms with E-state index in [1.807, 2.05) is 36.5 Å². The molecule has 0 saturated heterocycles. The number of benzene rings is 2. The molecular formula is C28H22N4O3. The largest absolute Gasteiger partial charge is 0.445 e. The van der Waals surface area contributed by atoms with Crippen LogP contribution >= 0.6 is 0 Å². The smallest absolute Gasteiger partial charge is 0.298 e. The van der Waals surface area contributed by atoms with E-state index in [0.717, 1.165) is 35.3 Å². The normalized spacial score (nSPS) is 13.2. The summed E-state index contributed by atoms with van der Waals surface area (Å²) in [5.41, 5.74) is 6.70. The number of oxazole rings is 1. The van der Waals surface area contributed by atoms with Gasteiger partial charge in [-0.25, -0.2) is 4.98 Å². The maximum atomic E-state index is 13.5. The van der Waals surface area contributed by atoms with Crippen molar-refractivity contribution >= 4 is 22.9 Å². The number of hydrogen-bond acceptors (Lipinski definition) is 5. The summed E-state index contributed by atoms with van der Waals surface area (Å²) in [4.78, 5) is 32.9. The Kier molecular flexibility index (Phi) is 5.04. The summed E-state index contributed by atoms with van der Waals surface area (Å²) >= 11 is 0. The topological polar surface area (TPSA) is 79.9 Å². The van der Waals surface area contributed by atoms with Crippen molar-refractivity contribution in [2.75, 3.05) is 12.4 Å². The first-order valence-corrected chi connectivity index (χ1v) is 11.3. The zero-order chi connectivity index (χ0) is 23.9. The highest BCUT2D eigenvalue weighted by Gasteiger charge is 2.26. The van der Waals surface area contributed by atoms with Crippen LogP contribution in [0.3, 0.4) is 0 Å². The van der Waals surface area contributed by atoms with E-state index < -0.39 is 11.7 Å². The van der Waals surface area contributed by atoms with Crippen molar-refractivity contribution in [2.45, 2.75) is 13.1 Å². The second-order valence-corrected chi connectivity index (χ2v) is 8.76. The Balaban J connectivity index is 1.33. The Hall–Kier alpha value is -4.49. The van der Waals surface area contributed by atoms with Crippen LogP contribution in [-0.4, -0.2) is 33.0 Å². The van der Waals surface area contributed by atoms with E-state index >= 15 is 0 Å². The number of hydrogen-bond donors (Lipinski definition) is 1. The lowest BCUT2D eigenvalue weighted by Gasteiger charge is -2.09. The van der Waals surface area contributed by atoms with Gasteiger partial charge in [0.05, 0.1) is 6.20 Å². The molecule has 0 fully saturated rings. The third-order valence-corrected chi connectivity index (χ3v) is 6.32. The highest BCUT2D eigenvalue weighted by atomic mass is 16.3. The third kappa shape index (κ3) is 3.82. The molecule has 0 spiro atoms. The summed E-state index contributed by atoms with van der Waals surface area (Å²) in [6.45, 7) is 1.78. The molecule has 0 atom stereocenters. The molecule has 1 N–H and O–H groups in total. The number of amides is 1. The lowest BCUT2D eigenvalue weighted by atomic mass is 9.99. The van der Waals surface area contributed by atoms with E-state index in [-0.39, 0.29) is 0 Å². The Morgan fingerprint density at radius 3 is 2.54 bits per heavy atom. The summed E-state index contributed by atoms with van der Waals surface area (Å²) < 4.78 is 7.08. The van der Waals surface area contributed by atoms with Gasteiger partial charge in [0.25, 0.3) is 11.7 Å². The Labute approximate surface area is 201 Å². The Bertz CT molecular complexity index is 1570. The van der Waals surface area contributed by atoms with Crippen molar-refractivity contribution in [1.82, 2.24) is 14.3 Å². The Morgan fingerprint density at radius 2 is 1.74 bits per heavy atom. The van der Waals surface area contributed by atoms with E-state index in [4.69, 9.17) is 4.42 Å². The summed E-state index contributed by atoms with van der Waals surface area (Å²) in [6.07, 6.45) is 4.89. The number of ketones is 1. The highest BCUT2D eigenvalue weighted by molar-refractivity contribution is 6.47.